The van der Waals surface area contributed by atoms with Crippen molar-refractivity contribution in [1.29, 1.82) is 0 Å². The van der Waals surface area contributed by atoms with Gasteiger partial charge < -0.3 is 14.2 Å². The van der Waals surface area contributed by atoms with Crippen LogP contribution in [0.5, 0.6) is 17.2 Å². The maximum atomic E-state index is 12.2. The molecule has 0 bridgehead atoms. The van der Waals surface area contributed by atoms with Crippen LogP contribution in [0.3, 0.4) is 0 Å². The standard InChI is InChI=1S/C27H29BrN2O4/c1-19-14-23(32-2)13-12-21(19)10-7-11-27(31)30-29-17-22-15-25(33-3)26(16-24(22)28)34-18-20-8-5-4-6-9-20/h4-6,8-9,12-17H,7,10-11,18H2,1-3H3,(H,30,31)/b29-17-. The summed E-state index contributed by atoms with van der Waals surface area (Å²) in [6, 6.07) is 19.6. The molecule has 0 saturated carbocycles. The minimum atomic E-state index is -0.131. The van der Waals surface area contributed by atoms with Crippen molar-refractivity contribution < 1.29 is 19.0 Å². The highest BCUT2D eigenvalue weighted by Gasteiger charge is 2.10. The fourth-order valence-corrected chi connectivity index (χ4v) is 3.83. The summed E-state index contributed by atoms with van der Waals surface area (Å²) in [7, 11) is 3.24. The summed E-state index contributed by atoms with van der Waals surface area (Å²) in [6.45, 7) is 2.48. The Hall–Kier alpha value is -3.32. The number of nitrogens with zero attached hydrogens (tertiary/aromatic N) is 1. The van der Waals surface area contributed by atoms with Gasteiger partial charge in [-0.2, -0.15) is 5.10 Å². The van der Waals surface area contributed by atoms with E-state index < -0.39 is 0 Å². The van der Waals surface area contributed by atoms with Crippen molar-refractivity contribution in [1.82, 2.24) is 5.43 Å². The molecule has 178 valence electrons. The fourth-order valence-electron chi connectivity index (χ4n) is 3.40. The van der Waals surface area contributed by atoms with E-state index in [1.807, 2.05) is 67.6 Å². The third-order valence-electron chi connectivity index (χ3n) is 5.31. The van der Waals surface area contributed by atoms with E-state index in [0.717, 1.165) is 39.8 Å². The number of hydrazone groups is 1. The molecule has 0 aromatic heterocycles. The zero-order valence-electron chi connectivity index (χ0n) is 19.6. The Bertz CT molecular complexity index is 1130. The third kappa shape index (κ3) is 7.35. The van der Waals surface area contributed by atoms with Crippen LogP contribution in [-0.2, 0) is 17.8 Å². The summed E-state index contributed by atoms with van der Waals surface area (Å²) in [5, 5.41) is 4.10. The molecule has 0 aliphatic heterocycles. The molecule has 0 unspecified atom stereocenters. The third-order valence-corrected chi connectivity index (χ3v) is 6.00. The second kappa shape index (κ2) is 12.8. The van der Waals surface area contributed by atoms with E-state index >= 15 is 0 Å². The van der Waals surface area contributed by atoms with E-state index in [2.05, 4.69) is 26.5 Å². The van der Waals surface area contributed by atoms with E-state index in [4.69, 9.17) is 14.2 Å². The second-order valence-corrected chi connectivity index (χ2v) is 8.59. The molecule has 7 heteroatoms. The van der Waals surface area contributed by atoms with Crippen molar-refractivity contribution in [3.8, 4) is 17.2 Å². The molecule has 3 aromatic rings. The molecule has 0 radical (unpaired) electrons. The Morgan fingerprint density at radius 3 is 2.53 bits per heavy atom. The number of hydrogen-bond acceptors (Lipinski definition) is 5. The average Bonchev–Trinajstić information content (AvgIpc) is 2.85. The molecule has 1 amide bonds. The Labute approximate surface area is 209 Å². The van der Waals surface area contributed by atoms with Gasteiger partial charge in [0.05, 0.1) is 20.4 Å². The van der Waals surface area contributed by atoms with E-state index in [1.54, 1.807) is 20.4 Å². The lowest BCUT2D eigenvalue weighted by atomic mass is 10.0. The predicted octanol–water partition coefficient (Wildman–Crippen LogP) is 5.83. The van der Waals surface area contributed by atoms with Gasteiger partial charge >= 0.3 is 0 Å². The molecule has 3 rings (SSSR count). The van der Waals surface area contributed by atoms with Crippen LogP contribution in [0, 0.1) is 6.92 Å². The maximum absolute atomic E-state index is 12.2. The molecule has 6 nitrogen and oxygen atoms in total. The number of nitrogens with one attached hydrogen (secondary N) is 1. The van der Waals surface area contributed by atoms with Gasteiger partial charge in [0.2, 0.25) is 5.91 Å². The summed E-state index contributed by atoms with van der Waals surface area (Å²) in [5.41, 5.74) is 6.79. The highest BCUT2D eigenvalue weighted by molar-refractivity contribution is 9.10. The van der Waals surface area contributed by atoms with E-state index in [-0.39, 0.29) is 5.91 Å². The molecule has 0 saturated heterocycles. The number of carbonyl (C=O) groups excluding carboxylic acids is 1. The zero-order chi connectivity index (χ0) is 24.3. The normalized spacial score (nSPS) is 10.8. The van der Waals surface area contributed by atoms with Crippen molar-refractivity contribution in [2.24, 2.45) is 5.10 Å². The van der Waals surface area contributed by atoms with Gasteiger partial charge in [-0.3, -0.25) is 4.79 Å². The summed E-state index contributed by atoms with van der Waals surface area (Å²) >= 11 is 3.54. The van der Waals surface area contributed by atoms with Gasteiger partial charge in [0.15, 0.2) is 11.5 Å². The van der Waals surface area contributed by atoms with Crippen LogP contribution in [0.15, 0.2) is 70.2 Å². The van der Waals surface area contributed by atoms with E-state index in [0.29, 0.717) is 24.5 Å². The first kappa shape index (κ1) is 25.3. The maximum Gasteiger partial charge on any atom is 0.240 e. The summed E-state index contributed by atoms with van der Waals surface area (Å²) in [6.07, 6.45) is 3.53. The van der Waals surface area contributed by atoms with Crippen LogP contribution in [-0.4, -0.2) is 26.3 Å². The number of methoxy groups -OCH3 is 2. The molecule has 34 heavy (non-hydrogen) atoms. The SMILES string of the molecule is COc1ccc(CCCC(=O)N/N=C\c2cc(OC)c(OCc3ccccc3)cc2Br)c(C)c1. The van der Waals surface area contributed by atoms with Crippen molar-refractivity contribution in [3.05, 3.63) is 87.4 Å². The predicted molar refractivity (Wildman–Crippen MR) is 138 cm³/mol. The van der Waals surface area contributed by atoms with E-state index in [9.17, 15) is 4.79 Å². The van der Waals surface area contributed by atoms with Crippen LogP contribution < -0.4 is 19.6 Å². The van der Waals surface area contributed by atoms with Crippen LogP contribution in [0.25, 0.3) is 0 Å². The number of halogens is 1. The largest absolute Gasteiger partial charge is 0.497 e. The molecule has 0 aliphatic carbocycles. The molecule has 0 fully saturated rings. The molecule has 0 aliphatic rings. The first-order valence-electron chi connectivity index (χ1n) is 11.0. The number of aryl methyl sites for hydroxylation is 2. The van der Waals surface area contributed by atoms with Crippen LogP contribution >= 0.6 is 15.9 Å². The van der Waals surface area contributed by atoms with Crippen LogP contribution in [0.4, 0.5) is 0 Å². The van der Waals surface area contributed by atoms with Gasteiger partial charge in [0.1, 0.15) is 12.4 Å². The van der Waals surface area contributed by atoms with Gasteiger partial charge in [-0.1, -0.05) is 36.4 Å². The molecular formula is C27H29BrN2O4. The Morgan fingerprint density at radius 2 is 1.82 bits per heavy atom. The second-order valence-electron chi connectivity index (χ2n) is 7.74. The molecular weight excluding hydrogens is 496 g/mol. The monoisotopic (exact) mass is 524 g/mol. The molecule has 3 aromatic carbocycles. The topological polar surface area (TPSA) is 69.2 Å². The van der Waals surface area contributed by atoms with Gasteiger partial charge in [0, 0.05) is 16.5 Å². The van der Waals surface area contributed by atoms with Crippen molar-refractivity contribution in [3.63, 3.8) is 0 Å². The first-order chi connectivity index (χ1) is 16.5. The minimum absolute atomic E-state index is 0.131. The molecule has 0 spiro atoms. The number of carbonyl (C=O) groups is 1. The molecule has 0 atom stereocenters. The van der Waals surface area contributed by atoms with Gasteiger partial charge in [0.25, 0.3) is 0 Å². The summed E-state index contributed by atoms with van der Waals surface area (Å²) in [5.74, 6) is 1.91. The minimum Gasteiger partial charge on any atom is -0.497 e. The fraction of sp³-hybridized carbons (Fsp3) is 0.259. The number of benzene rings is 3. The molecule has 0 heterocycles. The van der Waals surface area contributed by atoms with Gasteiger partial charge in [-0.05, 0) is 76.7 Å². The van der Waals surface area contributed by atoms with Crippen molar-refractivity contribution in [2.45, 2.75) is 32.8 Å². The van der Waals surface area contributed by atoms with Crippen LogP contribution in [0.2, 0.25) is 0 Å². The number of amides is 1. The first-order valence-corrected chi connectivity index (χ1v) is 11.8. The number of rotatable bonds is 11. The zero-order valence-corrected chi connectivity index (χ0v) is 21.2. The number of ether oxygens (including phenoxy) is 3. The van der Waals surface area contributed by atoms with Gasteiger partial charge in [-0.15, -0.1) is 0 Å². The summed E-state index contributed by atoms with van der Waals surface area (Å²) < 4.78 is 17.4. The lowest BCUT2D eigenvalue weighted by molar-refractivity contribution is -0.121. The highest BCUT2D eigenvalue weighted by atomic mass is 79.9. The lowest BCUT2D eigenvalue weighted by Gasteiger charge is -2.12. The smallest absolute Gasteiger partial charge is 0.240 e. The summed E-state index contributed by atoms with van der Waals surface area (Å²) in [4.78, 5) is 12.2. The Kier molecular flexibility index (Phi) is 9.52. The Balaban J connectivity index is 1.51. The lowest BCUT2D eigenvalue weighted by Crippen LogP contribution is -2.17. The molecule has 1 N–H and O–H groups in total. The number of hydrogen-bond donors (Lipinski definition) is 1. The Morgan fingerprint density at radius 1 is 1.03 bits per heavy atom. The van der Waals surface area contributed by atoms with Crippen molar-refractivity contribution >= 4 is 28.1 Å². The van der Waals surface area contributed by atoms with E-state index in [1.165, 1.54) is 5.56 Å². The quantitative estimate of drug-likeness (QED) is 0.253. The van der Waals surface area contributed by atoms with Gasteiger partial charge in [-0.25, -0.2) is 5.43 Å². The van der Waals surface area contributed by atoms with Crippen molar-refractivity contribution in [2.75, 3.05) is 14.2 Å². The van der Waals surface area contributed by atoms with Crippen LogP contribution in [0.1, 0.15) is 35.1 Å². The highest BCUT2D eigenvalue weighted by Crippen LogP contribution is 2.33. The average molecular weight is 525 g/mol.